The molecule has 0 spiro atoms. The number of carbonyl (C=O) groups excluding carboxylic acids is 3. The van der Waals surface area contributed by atoms with E-state index in [1.807, 2.05) is 27.7 Å². The van der Waals surface area contributed by atoms with Gasteiger partial charge in [0.25, 0.3) is 0 Å². The van der Waals surface area contributed by atoms with Crippen molar-refractivity contribution in [2.45, 2.75) is 77.5 Å². The molecule has 1 saturated heterocycles. The molecule has 1 aliphatic heterocycles. The average Bonchev–Trinajstić information content (AvgIpc) is 3.19. The summed E-state index contributed by atoms with van der Waals surface area (Å²) in [6, 6.07) is -3.95. The lowest BCUT2D eigenvalue weighted by molar-refractivity contribution is -0.149. The molecule has 5 unspecified atom stereocenters. The van der Waals surface area contributed by atoms with Crippen LogP contribution in [0.2, 0.25) is 0 Å². The normalized spacial score (nSPS) is 20.4. The Balaban J connectivity index is 2.89. The van der Waals surface area contributed by atoms with Gasteiger partial charge in [-0.15, -0.1) is 0 Å². The molecule has 0 aromatic heterocycles. The Labute approximate surface area is 177 Å². The van der Waals surface area contributed by atoms with Crippen molar-refractivity contribution in [1.82, 2.24) is 15.5 Å². The number of carboxylic acids is 1. The number of carbonyl (C=O) groups is 4. The van der Waals surface area contributed by atoms with Gasteiger partial charge in [-0.05, 0) is 31.1 Å². The number of nitrogens with one attached hydrogen (secondary N) is 2. The molecule has 0 radical (unpaired) electrons. The van der Waals surface area contributed by atoms with Crippen LogP contribution < -0.4 is 16.4 Å². The van der Waals surface area contributed by atoms with E-state index in [2.05, 4.69) is 10.6 Å². The minimum Gasteiger partial charge on any atom is -0.480 e. The van der Waals surface area contributed by atoms with Crippen molar-refractivity contribution in [2.24, 2.45) is 17.6 Å². The Hall–Kier alpha value is -2.20. The second-order valence-corrected chi connectivity index (χ2v) is 8.37. The number of nitrogens with zero attached hydrogens (tertiary/aromatic N) is 1. The van der Waals surface area contributed by atoms with Gasteiger partial charge in [-0.1, -0.05) is 34.1 Å². The fraction of sp³-hybridized carbons (Fsp3) is 0.800. The predicted octanol–water partition coefficient (Wildman–Crippen LogP) is -0.557. The summed E-state index contributed by atoms with van der Waals surface area (Å²) in [5.41, 5.74) is 5.87. The Morgan fingerprint density at radius 1 is 1.10 bits per heavy atom. The molecule has 6 N–H and O–H groups in total. The SMILES string of the molecule is CCC(C)C(N)C(=O)NC(CO)C(=O)NC(CC(C)C)C(=O)N1CCCC1C(=O)O. The van der Waals surface area contributed by atoms with Crippen LogP contribution in [-0.2, 0) is 19.2 Å². The van der Waals surface area contributed by atoms with Crippen LogP contribution in [0.25, 0.3) is 0 Å². The number of aliphatic carboxylic acids is 1. The molecule has 0 aromatic carbocycles. The number of likely N-dealkylation sites (tertiary alicyclic amines) is 1. The third-order valence-electron chi connectivity index (χ3n) is 5.52. The van der Waals surface area contributed by atoms with E-state index in [1.165, 1.54) is 4.90 Å². The smallest absolute Gasteiger partial charge is 0.326 e. The van der Waals surface area contributed by atoms with Crippen LogP contribution in [-0.4, -0.2) is 76.1 Å². The molecule has 3 amide bonds. The van der Waals surface area contributed by atoms with Crippen LogP contribution in [0.1, 0.15) is 53.4 Å². The van der Waals surface area contributed by atoms with Crippen molar-refractivity contribution < 1.29 is 29.4 Å². The third kappa shape index (κ3) is 6.94. The molecule has 172 valence electrons. The van der Waals surface area contributed by atoms with Gasteiger partial charge in [0.1, 0.15) is 18.1 Å². The van der Waals surface area contributed by atoms with Crippen molar-refractivity contribution >= 4 is 23.7 Å². The highest BCUT2D eigenvalue weighted by Crippen LogP contribution is 2.20. The van der Waals surface area contributed by atoms with Gasteiger partial charge in [-0.25, -0.2) is 4.79 Å². The highest BCUT2D eigenvalue weighted by Gasteiger charge is 2.38. The van der Waals surface area contributed by atoms with Crippen molar-refractivity contribution in [3.05, 3.63) is 0 Å². The number of hydrogen-bond donors (Lipinski definition) is 5. The summed E-state index contributed by atoms with van der Waals surface area (Å²) in [4.78, 5) is 50.6. The lowest BCUT2D eigenvalue weighted by Crippen LogP contribution is -2.58. The van der Waals surface area contributed by atoms with E-state index < -0.39 is 54.5 Å². The Bertz CT molecular complexity index is 626. The van der Waals surface area contributed by atoms with Crippen LogP contribution in [0.3, 0.4) is 0 Å². The number of nitrogens with two attached hydrogens (primary N) is 1. The summed E-state index contributed by atoms with van der Waals surface area (Å²) < 4.78 is 0. The number of hydrogen-bond acceptors (Lipinski definition) is 6. The fourth-order valence-corrected chi connectivity index (χ4v) is 3.43. The second-order valence-electron chi connectivity index (χ2n) is 8.37. The van der Waals surface area contributed by atoms with E-state index in [4.69, 9.17) is 5.73 Å². The number of aliphatic hydroxyl groups is 1. The molecule has 0 aromatic rings. The Morgan fingerprint density at radius 3 is 2.20 bits per heavy atom. The van der Waals surface area contributed by atoms with Crippen molar-refractivity contribution in [3.8, 4) is 0 Å². The molecule has 0 saturated carbocycles. The molecule has 1 aliphatic rings. The third-order valence-corrected chi connectivity index (χ3v) is 5.52. The van der Waals surface area contributed by atoms with Crippen LogP contribution in [0, 0.1) is 11.8 Å². The molecule has 1 fully saturated rings. The maximum atomic E-state index is 13.0. The van der Waals surface area contributed by atoms with Gasteiger partial charge in [0, 0.05) is 6.54 Å². The lowest BCUT2D eigenvalue weighted by Gasteiger charge is -2.29. The van der Waals surface area contributed by atoms with Crippen molar-refractivity contribution in [3.63, 3.8) is 0 Å². The number of aliphatic hydroxyl groups excluding tert-OH is 1. The van der Waals surface area contributed by atoms with Crippen LogP contribution in [0.5, 0.6) is 0 Å². The van der Waals surface area contributed by atoms with E-state index in [9.17, 15) is 29.4 Å². The van der Waals surface area contributed by atoms with Gasteiger partial charge < -0.3 is 31.5 Å². The van der Waals surface area contributed by atoms with Crippen LogP contribution in [0.15, 0.2) is 0 Å². The van der Waals surface area contributed by atoms with Gasteiger partial charge in [-0.2, -0.15) is 0 Å². The first-order valence-corrected chi connectivity index (χ1v) is 10.5. The summed E-state index contributed by atoms with van der Waals surface area (Å²) in [5.74, 6) is -2.88. The quantitative estimate of drug-likeness (QED) is 0.295. The monoisotopic (exact) mass is 428 g/mol. The standard InChI is InChI=1S/C20H36N4O6/c1-5-12(4)16(21)18(27)23-14(10-25)17(26)22-13(9-11(2)3)19(28)24-8-6-7-15(24)20(29)30/h11-16,25H,5-10,21H2,1-4H3,(H,22,26)(H,23,27)(H,29,30). The Kier molecular flexibility index (Phi) is 10.2. The van der Waals surface area contributed by atoms with E-state index in [0.29, 0.717) is 32.2 Å². The van der Waals surface area contributed by atoms with Gasteiger partial charge >= 0.3 is 5.97 Å². The summed E-state index contributed by atoms with van der Waals surface area (Å²) >= 11 is 0. The fourth-order valence-electron chi connectivity index (χ4n) is 3.43. The molecule has 30 heavy (non-hydrogen) atoms. The summed E-state index contributed by atoms with van der Waals surface area (Å²) in [6.07, 6.45) is 1.92. The molecule has 1 heterocycles. The molecular formula is C20H36N4O6. The van der Waals surface area contributed by atoms with Crippen LogP contribution in [0.4, 0.5) is 0 Å². The van der Waals surface area contributed by atoms with E-state index in [0.717, 1.165) is 0 Å². The number of carboxylic acid groups (broad SMARTS) is 1. The topological polar surface area (TPSA) is 162 Å². The lowest BCUT2D eigenvalue weighted by atomic mass is 9.99. The average molecular weight is 429 g/mol. The molecule has 10 heteroatoms. The zero-order valence-corrected chi connectivity index (χ0v) is 18.3. The maximum Gasteiger partial charge on any atom is 0.326 e. The largest absolute Gasteiger partial charge is 0.480 e. The second kappa shape index (κ2) is 11.8. The molecule has 1 rings (SSSR count). The zero-order valence-electron chi connectivity index (χ0n) is 18.3. The zero-order chi connectivity index (χ0) is 23.0. The van der Waals surface area contributed by atoms with E-state index in [-0.39, 0.29) is 11.8 Å². The van der Waals surface area contributed by atoms with E-state index >= 15 is 0 Å². The summed E-state index contributed by atoms with van der Waals surface area (Å²) in [7, 11) is 0. The highest BCUT2D eigenvalue weighted by molar-refractivity contribution is 5.94. The molecule has 5 atom stereocenters. The minimum atomic E-state index is -1.26. The summed E-state index contributed by atoms with van der Waals surface area (Å²) in [6.45, 7) is 7.10. The Morgan fingerprint density at radius 2 is 1.70 bits per heavy atom. The first kappa shape index (κ1) is 25.8. The first-order valence-electron chi connectivity index (χ1n) is 10.5. The number of rotatable bonds is 11. The van der Waals surface area contributed by atoms with Crippen molar-refractivity contribution in [1.29, 1.82) is 0 Å². The summed E-state index contributed by atoms with van der Waals surface area (Å²) in [5, 5.41) is 24.0. The molecule has 0 bridgehead atoms. The van der Waals surface area contributed by atoms with E-state index in [1.54, 1.807) is 0 Å². The van der Waals surface area contributed by atoms with Gasteiger partial charge in [-0.3, -0.25) is 14.4 Å². The van der Waals surface area contributed by atoms with Gasteiger partial charge in [0.15, 0.2) is 0 Å². The minimum absolute atomic E-state index is 0.0473. The molecule has 0 aliphatic carbocycles. The molecular weight excluding hydrogens is 392 g/mol. The van der Waals surface area contributed by atoms with Gasteiger partial charge in [0.2, 0.25) is 17.7 Å². The first-order chi connectivity index (χ1) is 14.0. The number of amides is 3. The molecule has 10 nitrogen and oxygen atoms in total. The highest BCUT2D eigenvalue weighted by atomic mass is 16.4. The van der Waals surface area contributed by atoms with Crippen molar-refractivity contribution in [2.75, 3.05) is 13.2 Å². The van der Waals surface area contributed by atoms with Gasteiger partial charge in [0.05, 0.1) is 12.6 Å². The van der Waals surface area contributed by atoms with Crippen LogP contribution >= 0.6 is 0 Å². The maximum absolute atomic E-state index is 13.0. The predicted molar refractivity (Wildman–Crippen MR) is 110 cm³/mol.